The number of hydrogen-bond donors (Lipinski definition) is 1. The van der Waals surface area contributed by atoms with Crippen molar-refractivity contribution < 1.29 is 9.84 Å². The van der Waals surface area contributed by atoms with Gasteiger partial charge < -0.3 is 14.7 Å². The van der Waals surface area contributed by atoms with Gasteiger partial charge in [-0.05, 0) is 30.7 Å². The molecule has 0 aromatic heterocycles. The number of phenols is 1. The smallest absolute Gasteiger partial charge is 0.142 e. The Hall–Kier alpha value is -1.87. The number of hydrogen-bond acceptors (Lipinski definition) is 3. The molecule has 0 radical (unpaired) electrons. The lowest BCUT2D eigenvalue weighted by Crippen LogP contribution is -2.23. The molecule has 4 heteroatoms. The molecule has 0 spiro atoms. The highest BCUT2D eigenvalue weighted by atomic mass is 35.5. The van der Waals surface area contributed by atoms with Gasteiger partial charge in [0.05, 0.1) is 12.3 Å². The SMILES string of the molecule is Oc1cccc(Cl)c1CN1CCCOc2ccccc21. The molecule has 0 amide bonds. The van der Waals surface area contributed by atoms with Crippen LogP contribution in [0.1, 0.15) is 12.0 Å². The standard InChI is InChI=1S/C16H16ClNO2/c17-13-5-3-7-15(19)12(13)11-18-9-4-10-20-16-8-2-1-6-14(16)18/h1-3,5-8,19H,4,9-11H2. The van der Waals surface area contributed by atoms with E-state index in [1.54, 1.807) is 18.2 Å². The monoisotopic (exact) mass is 289 g/mol. The molecule has 1 aliphatic heterocycles. The lowest BCUT2D eigenvalue weighted by molar-refractivity contribution is 0.322. The van der Waals surface area contributed by atoms with E-state index in [-0.39, 0.29) is 5.75 Å². The number of phenolic OH excluding ortho intramolecular Hbond substituents is 1. The fraction of sp³-hybridized carbons (Fsp3) is 0.250. The fourth-order valence-electron chi connectivity index (χ4n) is 2.46. The predicted octanol–water partition coefficient (Wildman–Crippen LogP) is 3.83. The van der Waals surface area contributed by atoms with E-state index in [1.807, 2.05) is 24.3 Å². The van der Waals surface area contributed by atoms with Gasteiger partial charge in [-0.1, -0.05) is 29.8 Å². The van der Waals surface area contributed by atoms with Crippen LogP contribution in [0.25, 0.3) is 0 Å². The second kappa shape index (κ2) is 5.63. The van der Waals surface area contributed by atoms with Crippen molar-refractivity contribution in [1.29, 1.82) is 0 Å². The first kappa shape index (κ1) is 13.1. The molecule has 0 fully saturated rings. The van der Waals surface area contributed by atoms with Gasteiger partial charge in [0.2, 0.25) is 0 Å². The summed E-state index contributed by atoms with van der Waals surface area (Å²) in [4.78, 5) is 2.20. The Morgan fingerprint density at radius 3 is 2.85 bits per heavy atom. The lowest BCUT2D eigenvalue weighted by Gasteiger charge is -2.24. The summed E-state index contributed by atoms with van der Waals surface area (Å²) in [6.07, 6.45) is 0.944. The second-order valence-corrected chi connectivity index (χ2v) is 5.24. The quantitative estimate of drug-likeness (QED) is 0.912. The molecule has 3 nitrogen and oxygen atoms in total. The van der Waals surface area contributed by atoms with E-state index in [4.69, 9.17) is 16.3 Å². The van der Waals surface area contributed by atoms with Crippen LogP contribution >= 0.6 is 11.6 Å². The van der Waals surface area contributed by atoms with Crippen molar-refractivity contribution in [2.24, 2.45) is 0 Å². The molecular weight excluding hydrogens is 274 g/mol. The van der Waals surface area contributed by atoms with Crippen molar-refractivity contribution in [3.05, 3.63) is 53.1 Å². The highest BCUT2D eigenvalue weighted by Crippen LogP contribution is 2.34. The molecule has 0 bridgehead atoms. The van der Waals surface area contributed by atoms with E-state index >= 15 is 0 Å². The third kappa shape index (κ3) is 2.54. The number of fused-ring (bicyclic) bond motifs is 1. The second-order valence-electron chi connectivity index (χ2n) is 4.83. The van der Waals surface area contributed by atoms with Gasteiger partial charge in [0.25, 0.3) is 0 Å². The Bertz CT molecular complexity index is 595. The average molecular weight is 290 g/mol. The number of aromatic hydroxyl groups is 1. The van der Waals surface area contributed by atoms with Gasteiger partial charge in [-0.3, -0.25) is 0 Å². The van der Waals surface area contributed by atoms with Crippen LogP contribution in [0.4, 0.5) is 5.69 Å². The summed E-state index contributed by atoms with van der Waals surface area (Å²) in [5.74, 6) is 1.12. The van der Waals surface area contributed by atoms with Crippen LogP contribution in [-0.2, 0) is 6.54 Å². The third-order valence-electron chi connectivity index (χ3n) is 3.48. The van der Waals surface area contributed by atoms with Gasteiger partial charge >= 0.3 is 0 Å². The van der Waals surface area contributed by atoms with Crippen molar-refractivity contribution in [1.82, 2.24) is 0 Å². The summed E-state index contributed by atoms with van der Waals surface area (Å²) in [6.45, 7) is 2.16. The Morgan fingerprint density at radius 2 is 2.00 bits per heavy atom. The van der Waals surface area contributed by atoms with Gasteiger partial charge in [-0.2, -0.15) is 0 Å². The summed E-state index contributed by atoms with van der Waals surface area (Å²) in [6, 6.07) is 13.2. The van der Waals surface area contributed by atoms with Crippen molar-refractivity contribution in [2.75, 3.05) is 18.1 Å². The normalized spacial score (nSPS) is 14.3. The minimum Gasteiger partial charge on any atom is -0.508 e. The molecule has 1 aliphatic rings. The van der Waals surface area contributed by atoms with E-state index in [1.165, 1.54) is 0 Å². The van der Waals surface area contributed by atoms with Crippen molar-refractivity contribution in [2.45, 2.75) is 13.0 Å². The van der Waals surface area contributed by atoms with Crippen LogP contribution in [0.3, 0.4) is 0 Å². The molecule has 1 heterocycles. The Morgan fingerprint density at radius 1 is 1.15 bits per heavy atom. The Balaban J connectivity index is 1.94. The Kier molecular flexibility index (Phi) is 3.70. The highest BCUT2D eigenvalue weighted by molar-refractivity contribution is 6.31. The first-order valence-electron chi connectivity index (χ1n) is 6.69. The summed E-state index contributed by atoms with van der Waals surface area (Å²) >= 11 is 6.20. The first-order chi connectivity index (χ1) is 9.75. The third-order valence-corrected chi connectivity index (χ3v) is 3.83. The molecule has 2 aromatic rings. The van der Waals surface area contributed by atoms with Crippen molar-refractivity contribution in [3.8, 4) is 11.5 Å². The molecule has 2 aromatic carbocycles. The topological polar surface area (TPSA) is 32.7 Å². The van der Waals surface area contributed by atoms with Gasteiger partial charge in [0.1, 0.15) is 11.5 Å². The summed E-state index contributed by atoms with van der Waals surface area (Å²) < 4.78 is 5.74. The molecule has 0 saturated carbocycles. The maximum Gasteiger partial charge on any atom is 0.142 e. The molecule has 0 unspecified atom stereocenters. The van der Waals surface area contributed by atoms with Gasteiger partial charge in [-0.15, -0.1) is 0 Å². The molecule has 1 N–H and O–H groups in total. The number of rotatable bonds is 2. The first-order valence-corrected chi connectivity index (χ1v) is 7.06. The Labute approximate surface area is 123 Å². The van der Waals surface area contributed by atoms with Crippen LogP contribution in [0.15, 0.2) is 42.5 Å². The van der Waals surface area contributed by atoms with Crippen LogP contribution in [-0.4, -0.2) is 18.3 Å². The van der Waals surface area contributed by atoms with E-state index in [0.717, 1.165) is 30.0 Å². The van der Waals surface area contributed by atoms with Gasteiger partial charge in [0.15, 0.2) is 0 Å². The average Bonchev–Trinajstić information content (AvgIpc) is 2.66. The van der Waals surface area contributed by atoms with Crippen LogP contribution in [0.5, 0.6) is 11.5 Å². The zero-order valence-electron chi connectivity index (χ0n) is 11.1. The van der Waals surface area contributed by atoms with E-state index in [2.05, 4.69) is 4.90 Å². The summed E-state index contributed by atoms with van der Waals surface area (Å²) in [5.41, 5.74) is 1.80. The maximum absolute atomic E-state index is 10.00. The number of halogens is 1. The molecule has 0 saturated heterocycles. The molecule has 0 atom stereocenters. The van der Waals surface area contributed by atoms with Crippen LogP contribution in [0, 0.1) is 0 Å². The zero-order valence-corrected chi connectivity index (χ0v) is 11.8. The van der Waals surface area contributed by atoms with E-state index in [9.17, 15) is 5.11 Å². The fourth-order valence-corrected chi connectivity index (χ4v) is 2.69. The van der Waals surface area contributed by atoms with E-state index in [0.29, 0.717) is 18.2 Å². The minimum absolute atomic E-state index is 0.236. The number of ether oxygens (including phenoxy) is 1. The lowest BCUT2D eigenvalue weighted by atomic mass is 10.1. The van der Waals surface area contributed by atoms with Gasteiger partial charge in [-0.25, -0.2) is 0 Å². The van der Waals surface area contributed by atoms with Crippen molar-refractivity contribution in [3.63, 3.8) is 0 Å². The summed E-state index contributed by atoms with van der Waals surface area (Å²) in [5, 5.41) is 10.6. The van der Waals surface area contributed by atoms with Crippen LogP contribution in [0.2, 0.25) is 5.02 Å². The van der Waals surface area contributed by atoms with E-state index < -0.39 is 0 Å². The van der Waals surface area contributed by atoms with Crippen molar-refractivity contribution >= 4 is 17.3 Å². The minimum atomic E-state index is 0.236. The molecule has 20 heavy (non-hydrogen) atoms. The number of anilines is 1. The predicted molar refractivity (Wildman–Crippen MR) is 80.7 cm³/mol. The molecular formula is C16H16ClNO2. The van der Waals surface area contributed by atoms with Crippen LogP contribution < -0.4 is 9.64 Å². The highest BCUT2D eigenvalue weighted by Gasteiger charge is 2.18. The molecule has 104 valence electrons. The number of benzene rings is 2. The molecule has 3 rings (SSSR count). The number of nitrogens with zero attached hydrogens (tertiary/aromatic N) is 1. The number of para-hydroxylation sites is 2. The largest absolute Gasteiger partial charge is 0.508 e. The maximum atomic E-state index is 10.00. The summed E-state index contributed by atoms with van der Waals surface area (Å²) in [7, 11) is 0. The molecule has 0 aliphatic carbocycles. The zero-order chi connectivity index (χ0) is 13.9. The van der Waals surface area contributed by atoms with Gasteiger partial charge in [0, 0.05) is 23.7 Å².